The first kappa shape index (κ1) is 22.0. The number of ether oxygens (including phenoxy) is 2. The van der Waals surface area contributed by atoms with Gasteiger partial charge in [0, 0.05) is 35.7 Å². The van der Waals surface area contributed by atoms with Gasteiger partial charge in [-0.15, -0.1) is 0 Å². The molecule has 4 aromatic rings. The molecular weight excluding hydrogens is 464 g/mol. The Hall–Kier alpha value is -3.49. The quantitative estimate of drug-likeness (QED) is 0.412. The summed E-state index contributed by atoms with van der Waals surface area (Å²) in [7, 11) is -0.779. The Morgan fingerprint density at radius 2 is 1.80 bits per heavy atom. The zero-order valence-corrected chi connectivity index (χ0v) is 20.4. The molecule has 0 amide bonds. The van der Waals surface area contributed by atoms with E-state index in [2.05, 4.69) is 22.0 Å². The minimum Gasteiger partial charge on any atom is -0.497 e. The van der Waals surface area contributed by atoms with E-state index in [-0.39, 0.29) is 16.7 Å². The summed E-state index contributed by atoms with van der Waals surface area (Å²) in [5.41, 5.74) is 5.85. The second kappa shape index (κ2) is 8.32. The van der Waals surface area contributed by atoms with Crippen LogP contribution in [0.5, 0.6) is 17.2 Å². The molecule has 0 bridgehead atoms. The van der Waals surface area contributed by atoms with Crippen LogP contribution in [0.1, 0.15) is 28.4 Å². The summed E-state index contributed by atoms with van der Waals surface area (Å²) in [4.78, 5) is 6.13. The number of methoxy groups -OCH3 is 2. The molecule has 35 heavy (non-hydrogen) atoms. The lowest BCUT2D eigenvalue weighted by Gasteiger charge is -2.40. The average Bonchev–Trinajstić information content (AvgIpc) is 3.24. The molecule has 1 aromatic heterocycles. The Balaban J connectivity index is 1.41. The number of H-pyrrole nitrogens is 1. The van der Waals surface area contributed by atoms with Crippen molar-refractivity contribution in [2.75, 3.05) is 20.8 Å². The fourth-order valence-electron chi connectivity index (χ4n) is 5.34. The van der Waals surface area contributed by atoms with Crippen molar-refractivity contribution < 1.29 is 22.1 Å². The SMILES string of the molecule is COc1ccc2[nH]c3c(c2c1)CC1c2cc(OS(=O)(=O)c4ccccc4)c(OC)cc2CCN1C3. The van der Waals surface area contributed by atoms with Crippen molar-refractivity contribution in [3.05, 3.63) is 83.0 Å². The smallest absolute Gasteiger partial charge is 0.339 e. The monoisotopic (exact) mass is 490 g/mol. The van der Waals surface area contributed by atoms with Gasteiger partial charge >= 0.3 is 10.1 Å². The highest BCUT2D eigenvalue weighted by atomic mass is 32.2. The number of aromatic amines is 1. The maximum absolute atomic E-state index is 13.0. The lowest BCUT2D eigenvalue weighted by atomic mass is 9.85. The number of fused-ring (bicyclic) bond motifs is 6. The molecule has 2 aliphatic rings. The second-order valence-corrected chi connectivity index (χ2v) is 10.5. The van der Waals surface area contributed by atoms with Crippen LogP contribution in [0.2, 0.25) is 0 Å². The molecule has 7 nitrogen and oxygen atoms in total. The number of rotatable bonds is 5. The van der Waals surface area contributed by atoms with Gasteiger partial charge in [0.25, 0.3) is 0 Å². The standard InChI is InChI=1S/C27H26N2O5S/c1-32-18-8-9-23-21(13-18)22-14-25-20-15-27(34-35(30,31)19-6-4-3-5-7-19)26(33-2)12-17(20)10-11-29(25)16-24(22)28-23/h3-9,12-13,15,25,28H,10-11,14,16H2,1-2H3. The third-order valence-corrected chi connectivity index (χ3v) is 8.33. The average molecular weight is 491 g/mol. The molecular formula is C27H26N2O5S. The molecule has 1 unspecified atom stereocenters. The first-order chi connectivity index (χ1) is 17.0. The second-order valence-electron chi connectivity index (χ2n) is 8.99. The number of nitrogens with one attached hydrogen (secondary N) is 1. The number of nitrogens with zero attached hydrogens (tertiary/aromatic N) is 1. The van der Waals surface area contributed by atoms with Gasteiger partial charge in [-0.1, -0.05) is 18.2 Å². The largest absolute Gasteiger partial charge is 0.497 e. The van der Waals surface area contributed by atoms with E-state index in [1.165, 1.54) is 35.9 Å². The van der Waals surface area contributed by atoms with Crippen LogP contribution in [0.3, 0.4) is 0 Å². The molecule has 180 valence electrons. The van der Waals surface area contributed by atoms with Gasteiger partial charge in [-0.3, -0.25) is 4.90 Å². The van der Waals surface area contributed by atoms with Crippen molar-refractivity contribution in [3.63, 3.8) is 0 Å². The normalized spacial score (nSPS) is 17.4. The molecule has 0 saturated carbocycles. The number of hydrogen-bond donors (Lipinski definition) is 1. The van der Waals surface area contributed by atoms with E-state index in [1.807, 2.05) is 18.2 Å². The van der Waals surface area contributed by atoms with E-state index < -0.39 is 10.1 Å². The highest BCUT2D eigenvalue weighted by Gasteiger charge is 2.35. The molecule has 0 radical (unpaired) electrons. The van der Waals surface area contributed by atoms with E-state index in [0.717, 1.165) is 48.3 Å². The summed E-state index contributed by atoms with van der Waals surface area (Å²) >= 11 is 0. The lowest BCUT2D eigenvalue weighted by Crippen LogP contribution is -2.39. The summed E-state index contributed by atoms with van der Waals surface area (Å²) in [6.07, 6.45) is 1.67. The van der Waals surface area contributed by atoms with Crippen LogP contribution < -0.4 is 13.7 Å². The third kappa shape index (κ3) is 3.73. The minimum absolute atomic E-state index is 0.108. The highest BCUT2D eigenvalue weighted by Crippen LogP contribution is 2.44. The van der Waals surface area contributed by atoms with E-state index in [1.54, 1.807) is 25.3 Å². The van der Waals surface area contributed by atoms with Gasteiger partial charge < -0.3 is 18.6 Å². The van der Waals surface area contributed by atoms with Gasteiger partial charge in [0.05, 0.1) is 14.2 Å². The Bertz CT molecular complexity index is 1530. The molecule has 0 fully saturated rings. The molecule has 0 spiro atoms. The molecule has 2 aliphatic heterocycles. The number of benzene rings is 3. The van der Waals surface area contributed by atoms with Crippen molar-refractivity contribution in [1.29, 1.82) is 0 Å². The molecule has 0 saturated heterocycles. The van der Waals surface area contributed by atoms with Crippen LogP contribution in [0.4, 0.5) is 0 Å². The Labute approximate surface area is 204 Å². The molecule has 1 atom stereocenters. The van der Waals surface area contributed by atoms with Gasteiger partial charge in [0.15, 0.2) is 11.5 Å². The lowest BCUT2D eigenvalue weighted by molar-refractivity contribution is 0.159. The van der Waals surface area contributed by atoms with E-state index >= 15 is 0 Å². The zero-order chi connectivity index (χ0) is 24.2. The molecule has 3 heterocycles. The number of hydrogen-bond acceptors (Lipinski definition) is 6. The summed E-state index contributed by atoms with van der Waals surface area (Å²) in [6, 6.07) is 18.2. The summed E-state index contributed by atoms with van der Waals surface area (Å²) in [6.45, 7) is 1.72. The molecule has 8 heteroatoms. The van der Waals surface area contributed by atoms with Crippen LogP contribution in [0.15, 0.2) is 65.6 Å². The Kier molecular flexibility index (Phi) is 5.23. The predicted molar refractivity (Wildman–Crippen MR) is 133 cm³/mol. The van der Waals surface area contributed by atoms with Crippen LogP contribution in [-0.2, 0) is 29.5 Å². The summed E-state index contributed by atoms with van der Waals surface area (Å²) in [5, 5.41) is 1.17. The van der Waals surface area contributed by atoms with Gasteiger partial charge in [-0.2, -0.15) is 8.42 Å². The minimum atomic E-state index is -3.99. The summed E-state index contributed by atoms with van der Waals surface area (Å²) < 4.78 is 42.5. The first-order valence-electron chi connectivity index (χ1n) is 11.6. The van der Waals surface area contributed by atoms with E-state index in [4.69, 9.17) is 13.7 Å². The molecule has 3 aromatic carbocycles. The van der Waals surface area contributed by atoms with Crippen molar-refractivity contribution >= 4 is 21.0 Å². The van der Waals surface area contributed by atoms with Crippen molar-refractivity contribution in [2.24, 2.45) is 0 Å². The maximum Gasteiger partial charge on any atom is 0.339 e. The van der Waals surface area contributed by atoms with E-state index in [9.17, 15) is 8.42 Å². The maximum atomic E-state index is 13.0. The van der Waals surface area contributed by atoms with Crippen LogP contribution in [-0.4, -0.2) is 39.1 Å². The topological polar surface area (TPSA) is 80.9 Å². The highest BCUT2D eigenvalue weighted by molar-refractivity contribution is 7.87. The Morgan fingerprint density at radius 3 is 2.57 bits per heavy atom. The molecule has 1 N–H and O–H groups in total. The predicted octanol–water partition coefficient (Wildman–Crippen LogP) is 4.61. The third-order valence-electron chi connectivity index (χ3n) is 7.09. The number of aromatic nitrogens is 1. The van der Waals surface area contributed by atoms with Crippen LogP contribution >= 0.6 is 0 Å². The van der Waals surface area contributed by atoms with Crippen molar-refractivity contribution in [3.8, 4) is 17.2 Å². The first-order valence-corrected chi connectivity index (χ1v) is 13.0. The van der Waals surface area contributed by atoms with Gasteiger partial charge in [0.2, 0.25) is 0 Å². The molecule has 0 aliphatic carbocycles. The van der Waals surface area contributed by atoms with Crippen LogP contribution in [0.25, 0.3) is 10.9 Å². The summed E-state index contributed by atoms with van der Waals surface area (Å²) in [5.74, 6) is 1.46. The Morgan fingerprint density at radius 1 is 0.971 bits per heavy atom. The molecule has 6 rings (SSSR count). The zero-order valence-electron chi connectivity index (χ0n) is 19.6. The van der Waals surface area contributed by atoms with Crippen molar-refractivity contribution in [1.82, 2.24) is 9.88 Å². The van der Waals surface area contributed by atoms with Crippen LogP contribution in [0, 0.1) is 0 Å². The van der Waals surface area contributed by atoms with E-state index in [0.29, 0.717) is 5.75 Å². The fraction of sp³-hybridized carbons (Fsp3) is 0.259. The van der Waals surface area contributed by atoms with Gasteiger partial charge in [-0.25, -0.2) is 0 Å². The fourth-order valence-corrected chi connectivity index (χ4v) is 6.29. The van der Waals surface area contributed by atoms with Crippen molar-refractivity contribution in [2.45, 2.75) is 30.3 Å². The van der Waals surface area contributed by atoms with Gasteiger partial charge in [-0.05, 0) is 72.0 Å². The van der Waals surface area contributed by atoms with Gasteiger partial charge in [0.1, 0.15) is 10.6 Å².